The zero-order valence-electron chi connectivity index (χ0n) is 16.1. The van der Waals surface area contributed by atoms with Crippen LogP contribution in [0.5, 0.6) is 11.5 Å². The summed E-state index contributed by atoms with van der Waals surface area (Å²) < 4.78 is 21.5. The summed E-state index contributed by atoms with van der Waals surface area (Å²) in [6.45, 7) is 7.98. The van der Waals surface area contributed by atoms with Gasteiger partial charge >= 0.3 is 5.97 Å². The maximum atomic E-state index is 12.5. The molecule has 1 aliphatic rings. The lowest BCUT2D eigenvalue weighted by Crippen LogP contribution is -2.46. The van der Waals surface area contributed by atoms with Crippen molar-refractivity contribution < 1.29 is 28.5 Å². The van der Waals surface area contributed by atoms with Crippen LogP contribution in [0.1, 0.15) is 31.1 Å². The monoisotopic (exact) mass is 399 g/mol. The molecule has 1 saturated heterocycles. The molecule has 1 atom stereocenters. The van der Waals surface area contributed by atoms with Gasteiger partial charge in [-0.1, -0.05) is 25.4 Å². The van der Waals surface area contributed by atoms with E-state index in [2.05, 4.69) is 0 Å². The van der Waals surface area contributed by atoms with Crippen molar-refractivity contribution in [2.45, 2.75) is 26.9 Å². The van der Waals surface area contributed by atoms with Gasteiger partial charge in [-0.2, -0.15) is 0 Å². The van der Waals surface area contributed by atoms with Crippen LogP contribution in [-0.4, -0.2) is 62.9 Å². The van der Waals surface area contributed by atoms with Crippen molar-refractivity contribution in [3.8, 4) is 11.5 Å². The van der Waals surface area contributed by atoms with Gasteiger partial charge in [0.2, 0.25) is 0 Å². The highest BCUT2D eigenvalue weighted by molar-refractivity contribution is 6.32. The largest absolute Gasteiger partial charge is 0.493 e. The number of amides is 1. The molecule has 2 rings (SSSR count). The van der Waals surface area contributed by atoms with Crippen molar-refractivity contribution in [3.05, 3.63) is 22.7 Å². The number of carbonyl (C=O) groups is 2. The van der Waals surface area contributed by atoms with E-state index in [4.69, 9.17) is 30.5 Å². The Balaban J connectivity index is 2.08. The minimum Gasteiger partial charge on any atom is -0.493 e. The SMILES string of the molecule is COc1cc(C(=O)OC(C)C(=O)N2CCOCC2)cc(Cl)c1OCC(C)C. The molecule has 0 bridgehead atoms. The molecular weight excluding hydrogens is 374 g/mol. The minimum atomic E-state index is -0.905. The molecule has 7 nitrogen and oxygen atoms in total. The van der Waals surface area contributed by atoms with E-state index in [1.165, 1.54) is 19.2 Å². The van der Waals surface area contributed by atoms with Crippen LogP contribution < -0.4 is 9.47 Å². The summed E-state index contributed by atoms with van der Waals surface area (Å²) in [6.07, 6.45) is -0.905. The predicted octanol–water partition coefficient (Wildman–Crippen LogP) is 2.79. The van der Waals surface area contributed by atoms with Crippen LogP contribution >= 0.6 is 11.6 Å². The van der Waals surface area contributed by atoms with E-state index in [0.29, 0.717) is 50.3 Å². The second kappa shape index (κ2) is 9.80. The van der Waals surface area contributed by atoms with Gasteiger partial charge in [0.1, 0.15) is 0 Å². The third-order valence-corrected chi connectivity index (χ3v) is 4.26. The van der Waals surface area contributed by atoms with Gasteiger partial charge < -0.3 is 23.8 Å². The standard InChI is InChI=1S/C19H26ClNO6/c1-12(2)11-26-17-15(20)9-14(10-16(17)24-4)19(23)27-13(3)18(22)21-5-7-25-8-6-21/h9-10,12-13H,5-8,11H2,1-4H3. The predicted molar refractivity (Wildman–Crippen MR) is 101 cm³/mol. The Morgan fingerprint density at radius 2 is 1.89 bits per heavy atom. The number of rotatable bonds is 7. The molecule has 27 heavy (non-hydrogen) atoms. The third-order valence-electron chi connectivity index (χ3n) is 3.98. The molecule has 1 unspecified atom stereocenters. The van der Waals surface area contributed by atoms with Crippen molar-refractivity contribution in [3.63, 3.8) is 0 Å². The van der Waals surface area contributed by atoms with Crippen molar-refractivity contribution in [1.29, 1.82) is 0 Å². The smallest absolute Gasteiger partial charge is 0.339 e. The Morgan fingerprint density at radius 3 is 2.48 bits per heavy atom. The van der Waals surface area contributed by atoms with Crippen LogP contribution in [-0.2, 0) is 14.3 Å². The molecule has 1 aliphatic heterocycles. The van der Waals surface area contributed by atoms with E-state index < -0.39 is 12.1 Å². The Labute approximate surface area is 164 Å². The molecule has 0 spiro atoms. The number of nitrogens with zero attached hydrogens (tertiary/aromatic N) is 1. The summed E-state index contributed by atoms with van der Waals surface area (Å²) in [4.78, 5) is 26.5. The lowest BCUT2D eigenvalue weighted by molar-refractivity contribution is -0.143. The Bertz CT molecular complexity index is 672. The van der Waals surface area contributed by atoms with E-state index >= 15 is 0 Å². The molecule has 1 heterocycles. The molecular formula is C19H26ClNO6. The molecule has 1 aromatic carbocycles. The fourth-order valence-corrected chi connectivity index (χ4v) is 2.81. The first-order valence-corrected chi connectivity index (χ1v) is 9.29. The highest BCUT2D eigenvalue weighted by Crippen LogP contribution is 2.37. The number of hydrogen-bond donors (Lipinski definition) is 0. The summed E-state index contributed by atoms with van der Waals surface area (Å²) in [5.74, 6) is 0.118. The molecule has 0 aliphatic carbocycles. The molecule has 0 N–H and O–H groups in total. The summed E-state index contributed by atoms with van der Waals surface area (Å²) in [5, 5.41) is 0.245. The zero-order chi connectivity index (χ0) is 20.0. The van der Waals surface area contributed by atoms with Gasteiger partial charge in [-0.15, -0.1) is 0 Å². The average molecular weight is 400 g/mol. The van der Waals surface area contributed by atoms with Crippen LogP contribution in [0.2, 0.25) is 5.02 Å². The second-order valence-electron chi connectivity index (χ2n) is 6.68. The first kappa shape index (κ1) is 21.3. The Morgan fingerprint density at radius 1 is 1.22 bits per heavy atom. The lowest BCUT2D eigenvalue weighted by atomic mass is 10.2. The second-order valence-corrected chi connectivity index (χ2v) is 7.09. The first-order chi connectivity index (χ1) is 12.8. The van der Waals surface area contributed by atoms with Gasteiger partial charge in [-0.25, -0.2) is 4.79 Å². The maximum Gasteiger partial charge on any atom is 0.339 e. The van der Waals surface area contributed by atoms with Crippen LogP contribution in [0.3, 0.4) is 0 Å². The average Bonchev–Trinajstić information content (AvgIpc) is 2.66. The number of halogens is 1. The lowest BCUT2D eigenvalue weighted by Gasteiger charge is -2.29. The van der Waals surface area contributed by atoms with Crippen LogP contribution in [0, 0.1) is 5.92 Å². The Hall–Kier alpha value is -1.99. The van der Waals surface area contributed by atoms with Crippen molar-refractivity contribution in [2.75, 3.05) is 40.0 Å². The zero-order valence-corrected chi connectivity index (χ0v) is 16.9. The highest BCUT2D eigenvalue weighted by atomic mass is 35.5. The number of hydrogen-bond acceptors (Lipinski definition) is 6. The molecule has 1 aromatic rings. The number of benzene rings is 1. The quantitative estimate of drug-likeness (QED) is 0.656. The normalized spacial score (nSPS) is 15.4. The van der Waals surface area contributed by atoms with E-state index in [-0.39, 0.29) is 16.5 Å². The summed E-state index contributed by atoms with van der Waals surface area (Å²) in [6, 6.07) is 2.95. The molecule has 150 valence electrons. The summed E-state index contributed by atoms with van der Waals surface area (Å²) >= 11 is 6.26. The van der Waals surface area contributed by atoms with Crippen molar-refractivity contribution in [2.24, 2.45) is 5.92 Å². The molecule has 1 amide bonds. The van der Waals surface area contributed by atoms with Crippen LogP contribution in [0.15, 0.2) is 12.1 Å². The maximum absolute atomic E-state index is 12.5. The number of methoxy groups -OCH3 is 1. The van der Waals surface area contributed by atoms with Gasteiger partial charge in [-0.05, 0) is 25.0 Å². The molecule has 8 heteroatoms. The molecule has 0 saturated carbocycles. The fraction of sp³-hybridized carbons (Fsp3) is 0.579. The van der Waals surface area contributed by atoms with Crippen LogP contribution in [0.4, 0.5) is 0 Å². The third kappa shape index (κ3) is 5.74. The van der Waals surface area contributed by atoms with Gasteiger partial charge in [0.15, 0.2) is 17.6 Å². The minimum absolute atomic E-state index is 0.190. The molecule has 0 aromatic heterocycles. The fourth-order valence-electron chi connectivity index (χ4n) is 2.55. The molecule has 0 radical (unpaired) electrons. The number of ether oxygens (including phenoxy) is 4. The number of morpholine rings is 1. The molecule has 1 fully saturated rings. The van der Waals surface area contributed by atoms with Crippen molar-refractivity contribution in [1.82, 2.24) is 4.90 Å². The van der Waals surface area contributed by atoms with Gasteiger partial charge in [0, 0.05) is 13.1 Å². The van der Waals surface area contributed by atoms with E-state index in [9.17, 15) is 9.59 Å². The number of carbonyl (C=O) groups excluding carboxylic acids is 2. The topological polar surface area (TPSA) is 74.3 Å². The van der Waals surface area contributed by atoms with Crippen molar-refractivity contribution >= 4 is 23.5 Å². The van der Waals surface area contributed by atoms with E-state index in [1.807, 2.05) is 13.8 Å². The summed E-state index contributed by atoms with van der Waals surface area (Å²) in [7, 11) is 1.47. The van der Waals surface area contributed by atoms with Gasteiger partial charge in [-0.3, -0.25) is 4.79 Å². The first-order valence-electron chi connectivity index (χ1n) is 8.91. The number of esters is 1. The van der Waals surface area contributed by atoms with E-state index in [0.717, 1.165) is 0 Å². The Kier molecular flexibility index (Phi) is 7.74. The van der Waals surface area contributed by atoms with E-state index in [1.54, 1.807) is 11.8 Å². The van der Waals surface area contributed by atoms with Gasteiger partial charge in [0.05, 0.1) is 37.5 Å². The van der Waals surface area contributed by atoms with Crippen LogP contribution in [0.25, 0.3) is 0 Å². The van der Waals surface area contributed by atoms with Gasteiger partial charge in [0.25, 0.3) is 5.91 Å². The summed E-state index contributed by atoms with van der Waals surface area (Å²) in [5.41, 5.74) is 0.190. The highest BCUT2D eigenvalue weighted by Gasteiger charge is 2.26.